The van der Waals surface area contributed by atoms with Crippen molar-refractivity contribution in [3.05, 3.63) is 82.7 Å². The number of carbonyl (C=O) groups is 2. The van der Waals surface area contributed by atoms with Crippen LogP contribution in [-0.2, 0) is 22.7 Å². The van der Waals surface area contributed by atoms with Crippen LogP contribution >= 0.6 is 0 Å². The van der Waals surface area contributed by atoms with E-state index in [-0.39, 0.29) is 29.9 Å². The molecular weight excluding hydrogens is 442 g/mol. The molecule has 0 spiro atoms. The molecule has 1 aromatic heterocycles. The Balaban J connectivity index is 1.17. The third-order valence-corrected chi connectivity index (χ3v) is 7.06. The molecule has 2 aromatic carbocycles. The number of hydrogen-bond donors (Lipinski definition) is 1. The molecule has 1 saturated heterocycles. The van der Waals surface area contributed by atoms with Gasteiger partial charge in [0, 0.05) is 19.0 Å². The molecule has 35 heavy (non-hydrogen) atoms. The molecule has 182 valence electrons. The lowest BCUT2D eigenvalue weighted by Crippen LogP contribution is -2.43. The summed E-state index contributed by atoms with van der Waals surface area (Å²) in [5.41, 5.74) is 4.44. The fourth-order valence-electron chi connectivity index (χ4n) is 4.81. The molecule has 2 aliphatic heterocycles. The van der Waals surface area contributed by atoms with Gasteiger partial charge >= 0.3 is 0 Å². The van der Waals surface area contributed by atoms with Crippen molar-refractivity contribution in [2.45, 2.75) is 52.0 Å². The normalized spacial score (nSPS) is 19.1. The molecule has 2 aliphatic rings. The summed E-state index contributed by atoms with van der Waals surface area (Å²) in [6.45, 7) is 5.92. The number of piperidine rings is 1. The van der Waals surface area contributed by atoms with Crippen molar-refractivity contribution < 1.29 is 14.3 Å². The zero-order chi connectivity index (χ0) is 24.4. The first-order valence-electron chi connectivity index (χ1n) is 12.2. The summed E-state index contributed by atoms with van der Waals surface area (Å²) in [4.78, 5) is 27.8. The Morgan fingerprint density at radius 3 is 2.49 bits per heavy atom. The Bertz CT molecular complexity index is 1180. The number of fused-ring (bicyclic) bond motifs is 1. The van der Waals surface area contributed by atoms with E-state index in [0.29, 0.717) is 44.8 Å². The van der Waals surface area contributed by atoms with Crippen molar-refractivity contribution in [2.75, 3.05) is 13.1 Å². The highest BCUT2D eigenvalue weighted by Gasteiger charge is 2.33. The standard InChI is InChI=1S/C27H31N5O3/c1-18-8-10-21(11-9-18)24-16-32-23(17-35-24)25(29-30-32)27(34)31-14-12-22(13-15-31)26(33)28-19(2)20-6-4-3-5-7-20/h3-11,19,22,24H,12-17H2,1-2H3,(H,28,33)/t19-,24+/m1/s1. The van der Waals surface area contributed by atoms with E-state index in [0.717, 1.165) is 16.8 Å². The van der Waals surface area contributed by atoms with Gasteiger partial charge in [-0.25, -0.2) is 4.68 Å². The number of amides is 2. The van der Waals surface area contributed by atoms with Crippen LogP contribution in [-0.4, -0.2) is 44.8 Å². The number of aromatic nitrogens is 3. The molecule has 0 bridgehead atoms. The maximum absolute atomic E-state index is 13.2. The van der Waals surface area contributed by atoms with Crippen LogP contribution in [0.5, 0.6) is 0 Å². The first-order chi connectivity index (χ1) is 17.0. The minimum absolute atomic E-state index is 0.0461. The van der Waals surface area contributed by atoms with E-state index in [1.807, 2.05) is 37.3 Å². The minimum Gasteiger partial charge on any atom is -0.365 e. The maximum atomic E-state index is 13.2. The smallest absolute Gasteiger partial charge is 0.276 e. The molecule has 3 heterocycles. The monoisotopic (exact) mass is 473 g/mol. The molecule has 0 aliphatic carbocycles. The van der Waals surface area contributed by atoms with Gasteiger partial charge in [-0.2, -0.15) is 0 Å². The molecule has 1 N–H and O–H groups in total. The van der Waals surface area contributed by atoms with E-state index < -0.39 is 0 Å². The third kappa shape index (κ3) is 4.98. The Kier molecular flexibility index (Phi) is 6.63. The number of likely N-dealkylation sites (tertiary alicyclic amines) is 1. The number of rotatable bonds is 5. The van der Waals surface area contributed by atoms with Crippen LogP contribution in [0.25, 0.3) is 0 Å². The van der Waals surface area contributed by atoms with Crippen molar-refractivity contribution in [3.8, 4) is 0 Å². The van der Waals surface area contributed by atoms with Gasteiger partial charge in [0.25, 0.3) is 5.91 Å². The largest absolute Gasteiger partial charge is 0.365 e. The highest BCUT2D eigenvalue weighted by Crippen LogP contribution is 2.28. The molecule has 8 nitrogen and oxygen atoms in total. The molecule has 2 amide bonds. The highest BCUT2D eigenvalue weighted by molar-refractivity contribution is 5.93. The quantitative estimate of drug-likeness (QED) is 0.612. The van der Waals surface area contributed by atoms with Gasteiger partial charge in [-0.15, -0.1) is 5.10 Å². The summed E-state index contributed by atoms with van der Waals surface area (Å²) in [7, 11) is 0. The average molecular weight is 474 g/mol. The first-order valence-corrected chi connectivity index (χ1v) is 12.2. The van der Waals surface area contributed by atoms with Gasteiger partial charge in [-0.3, -0.25) is 9.59 Å². The molecule has 3 aromatic rings. The molecule has 0 unspecified atom stereocenters. The Labute approximate surface area is 205 Å². The van der Waals surface area contributed by atoms with Crippen LogP contribution in [0, 0.1) is 12.8 Å². The van der Waals surface area contributed by atoms with Gasteiger partial charge in [0.05, 0.1) is 24.9 Å². The van der Waals surface area contributed by atoms with E-state index in [1.165, 1.54) is 5.56 Å². The lowest BCUT2D eigenvalue weighted by atomic mass is 9.95. The molecule has 5 rings (SSSR count). The summed E-state index contributed by atoms with van der Waals surface area (Å²) < 4.78 is 7.85. The molecule has 8 heteroatoms. The summed E-state index contributed by atoms with van der Waals surface area (Å²) in [5, 5.41) is 11.6. The Hall–Kier alpha value is -3.52. The SMILES string of the molecule is Cc1ccc([C@@H]2Cn3nnc(C(=O)N4CCC(C(=O)N[C@H](C)c5ccccc5)CC4)c3CO2)cc1. The molecule has 1 fully saturated rings. The number of nitrogens with one attached hydrogen (secondary N) is 1. The average Bonchev–Trinajstić information content (AvgIpc) is 3.32. The summed E-state index contributed by atoms with van der Waals surface area (Å²) in [5.74, 6) is -0.192. The number of carbonyl (C=O) groups excluding carboxylic acids is 2. The predicted molar refractivity (Wildman–Crippen MR) is 130 cm³/mol. The second-order valence-corrected chi connectivity index (χ2v) is 9.48. The van der Waals surface area contributed by atoms with Gasteiger partial charge in [-0.1, -0.05) is 65.4 Å². The Morgan fingerprint density at radius 2 is 1.77 bits per heavy atom. The van der Waals surface area contributed by atoms with E-state index >= 15 is 0 Å². The van der Waals surface area contributed by atoms with Crippen LogP contribution in [0.2, 0.25) is 0 Å². The number of ether oxygens (including phenoxy) is 1. The first kappa shape index (κ1) is 23.2. The number of nitrogens with zero attached hydrogens (tertiary/aromatic N) is 4. The van der Waals surface area contributed by atoms with Crippen LogP contribution in [0.15, 0.2) is 54.6 Å². The van der Waals surface area contributed by atoms with Crippen molar-refractivity contribution >= 4 is 11.8 Å². The molecule has 0 saturated carbocycles. The van der Waals surface area contributed by atoms with E-state index in [9.17, 15) is 9.59 Å². The van der Waals surface area contributed by atoms with E-state index in [4.69, 9.17) is 4.74 Å². The van der Waals surface area contributed by atoms with Gasteiger partial charge in [0.2, 0.25) is 5.91 Å². The lowest BCUT2D eigenvalue weighted by molar-refractivity contribution is -0.127. The lowest BCUT2D eigenvalue weighted by Gasteiger charge is -2.32. The molecule has 0 radical (unpaired) electrons. The number of aryl methyl sites for hydroxylation is 1. The second kappa shape index (κ2) is 10.00. The van der Waals surface area contributed by atoms with Crippen LogP contribution in [0.4, 0.5) is 0 Å². The third-order valence-electron chi connectivity index (χ3n) is 7.06. The van der Waals surface area contributed by atoms with Crippen molar-refractivity contribution in [1.82, 2.24) is 25.2 Å². The van der Waals surface area contributed by atoms with Crippen LogP contribution in [0.3, 0.4) is 0 Å². The van der Waals surface area contributed by atoms with Gasteiger partial charge < -0.3 is 15.0 Å². The number of hydrogen-bond acceptors (Lipinski definition) is 5. The van der Waals surface area contributed by atoms with Crippen LogP contribution < -0.4 is 5.32 Å². The minimum atomic E-state index is -0.139. The maximum Gasteiger partial charge on any atom is 0.276 e. The van der Waals surface area contributed by atoms with Gasteiger partial charge in [0.1, 0.15) is 6.10 Å². The fourth-order valence-corrected chi connectivity index (χ4v) is 4.81. The van der Waals surface area contributed by atoms with Crippen molar-refractivity contribution in [3.63, 3.8) is 0 Å². The predicted octanol–water partition coefficient (Wildman–Crippen LogP) is 3.59. The zero-order valence-electron chi connectivity index (χ0n) is 20.2. The topological polar surface area (TPSA) is 89.4 Å². The molecular formula is C27H31N5O3. The Morgan fingerprint density at radius 1 is 1.06 bits per heavy atom. The van der Waals surface area contributed by atoms with Gasteiger partial charge in [0.15, 0.2) is 5.69 Å². The fraction of sp³-hybridized carbons (Fsp3) is 0.407. The van der Waals surface area contributed by atoms with Crippen LogP contribution in [0.1, 0.15) is 64.8 Å². The van der Waals surface area contributed by atoms with Crippen molar-refractivity contribution in [1.29, 1.82) is 0 Å². The summed E-state index contributed by atoms with van der Waals surface area (Å²) in [6.07, 6.45) is 1.16. The van der Waals surface area contributed by atoms with E-state index in [2.05, 4.69) is 46.8 Å². The molecule has 2 atom stereocenters. The van der Waals surface area contributed by atoms with E-state index in [1.54, 1.807) is 9.58 Å². The van der Waals surface area contributed by atoms with Crippen molar-refractivity contribution in [2.24, 2.45) is 5.92 Å². The van der Waals surface area contributed by atoms with Gasteiger partial charge in [-0.05, 0) is 37.8 Å². The summed E-state index contributed by atoms with van der Waals surface area (Å²) >= 11 is 0. The highest BCUT2D eigenvalue weighted by atomic mass is 16.5. The zero-order valence-corrected chi connectivity index (χ0v) is 20.2. The number of benzene rings is 2. The second-order valence-electron chi connectivity index (χ2n) is 9.48. The summed E-state index contributed by atoms with van der Waals surface area (Å²) in [6, 6.07) is 18.1.